The number of anilines is 1. The zero-order valence-corrected chi connectivity index (χ0v) is 22.5. The van der Waals surface area contributed by atoms with Crippen LogP contribution in [0.3, 0.4) is 0 Å². The number of hydrogen-bond acceptors (Lipinski definition) is 4. The van der Waals surface area contributed by atoms with E-state index < -0.39 is 28.5 Å². The Hall–Kier alpha value is -2.00. The molecule has 0 spiro atoms. The van der Waals surface area contributed by atoms with Crippen molar-refractivity contribution in [2.75, 3.05) is 17.1 Å². The number of benzene rings is 2. The molecule has 2 rings (SSSR count). The Balaban J connectivity index is 2.41. The predicted octanol–water partition coefficient (Wildman–Crippen LogP) is 4.74. The molecule has 0 saturated heterocycles. The second-order valence-corrected chi connectivity index (χ2v) is 11.3. The van der Waals surface area contributed by atoms with Gasteiger partial charge < -0.3 is 10.2 Å². The highest BCUT2D eigenvalue weighted by atomic mass is 35.5. The van der Waals surface area contributed by atoms with Gasteiger partial charge in [-0.2, -0.15) is 0 Å². The summed E-state index contributed by atoms with van der Waals surface area (Å²) >= 11 is 18.1. The van der Waals surface area contributed by atoms with Gasteiger partial charge in [0.25, 0.3) is 0 Å². The van der Waals surface area contributed by atoms with Gasteiger partial charge in [-0.25, -0.2) is 8.42 Å². The topological polar surface area (TPSA) is 86.8 Å². The van der Waals surface area contributed by atoms with Crippen LogP contribution in [0.5, 0.6) is 0 Å². The minimum absolute atomic E-state index is 0.0800. The molecule has 2 aromatic rings. The van der Waals surface area contributed by atoms with Crippen LogP contribution in [0.15, 0.2) is 42.5 Å². The number of nitrogens with zero attached hydrogens (tertiary/aromatic N) is 2. The molecule has 0 heterocycles. The summed E-state index contributed by atoms with van der Waals surface area (Å²) in [5, 5.41) is 3.85. The lowest BCUT2D eigenvalue weighted by Crippen LogP contribution is -2.52. The summed E-state index contributed by atoms with van der Waals surface area (Å²) in [6.45, 7) is 4.95. The molecule has 2 atom stereocenters. The summed E-state index contributed by atoms with van der Waals surface area (Å²) in [6, 6.07) is 10.2. The SMILES string of the molecule is CC[C@@H](C)NC(=O)[C@@H](C)N(Cc1ccc(Cl)cc1)C(=O)CN(c1cc(Cl)cc(Cl)c1)S(C)(=O)=O. The first-order valence-corrected chi connectivity index (χ1v) is 13.6. The van der Waals surface area contributed by atoms with E-state index in [0.29, 0.717) is 5.02 Å². The highest BCUT2D eigenvalue weighted by Gasteiger charge is 2.30. The van der Waals surface area contributed by atoms with Crippen LogP contribution in [-0.2, 0) is 26.2 Å². The summed E-state index contributed by atoms with van der Waals surface area (Å²) in [5.74, 6) is -0.906. The second kappa shape index (κ2) is 12.1. The van der Waals surface area contributed by atoms with E-state index in [0.717, 1.165) is 22.5 Å². The monoisotopic (exact) mass is 547 g/mol. The number of hydrogen-bond donors (Lipinski definition) is 1. The molecule has 11 heteroatoms. The molecule has 0 unspecified atom stereocenters. The number of halogens is 3. The molecule has 34 heavy (non-hydrogen) atoms. The Morgan fingerprint density at radius 3 is 2.03 bits per heavy atom. The van der Waals surface area contributed by atoms with Gasteiger partial charge in [-0.3, -0.25) is 13.9 Å². The molecule has 0 aromatic heterocycles. The van der Waals surface area contributed by atoms with Crippen molar-refractivity contribution in [2.45, 2.75) is 45.8 Å². The standard InChI is InChI=1S/C23H28Cl3N3O4S/c1-5-15(2)27-23(31)16(3)28(13-17-6-8-18(24)9-7-17)22(30)14-29(34(4,32)33)21-11-19(25)10-20(26)12-21/h6-12,15-16H,5,13-14H2,1-4H3,(H,27,31)/t15-,16-/m1/s1. The molecule has 0 saturated carbocycles. The molecule has 1 N–H and O–H groups in total. The van der Waals surface area contributed by atoms with Gasteiger partial charge in [-0.15, -0.1) is 0 Å². The summed E-state index contributed by atoms with van der Waals surface area (Å²) in [5.41, 5.74) is 0.883. The minimum atomic E-state index is -3.88. The Morgan fingerprint density at radius 1 is 0.971 bits per heavy atom. The smallest absolute Gasteiger partial charge is 0.244 e. The Bertz CT molecular complexity index is 1110. The Kier molecular flexibility index (Phi) is 10.1. The number of carbonyl (C=O) groups excluding carboxylic acids is 2. The van der Waals surface area contributed by atoms with Gasteiger partial charge in [-0.05, 0) is 56.2 Å². The summed E-state index contributed by atoms with van der Waals surface area (Å²) in [4.78, 5) is 27.7. The molecular formula is C23H28Cl3N3O4S. The van der Waals surface area contributed by atoms with Crippen LogP contribution in [0.1, 0.15) is 32.8 Å². The molecule has 7 nitrogen and oxygen atoms in total. The van der Waals surface area contributed by atoms with Crippen molar-refractivity contribution in [1.82, 2.24) is 10.2 Å². The number of carbonyl (C=O) groups is 2. The van der Waals surface area contributed by atoms with Crippen LogP contribution in [0.4, 0.5) is 5.69 Å². The Labute approximate surface area is 216 Å². The van der Waals surface area contributed by atoms with Crippen LogP contribution in [0, 0.1) is 0 Å². The first-order valence-electron chi connectivity index (χ1n) is 10.6. The summed E-state index contributed by atoms with van der Waals surface area (Å²) < 4.78 is 26.1. The minimum Gasteiger partial charge on any atom is -0.352 e. The van der Waals surface area contributed by atoms with Crippen LogP contribution < -0.4 is 9.62 Å². The molecule has 0 fully saturated rings. The maximum absolute atomic E-state index is 13.5. The van der Waals surface area contributed by atoms with E-state index in [1.165, 1.54) is 23.1 Å². The van der Waals surface area contributed by atoms with E-state index in [9.17, 15) is 18.0 Å². The van der Waals surface area contributed by atoms with Gasteiger partial charge in [0.05, 0.1) is 11.9 Å². The third kappa shape index (κ3) is 8.05. The van der Waals surface area contributed by atoms with E-state index in [1.54, 1.807) is 31.2 Å². The van der Waals surface area contributed by atoms with Crippen molar-refractivity contribution in [2.24, 2.45) is 0 Å². The molecule has 0 aliphatic carbocycles. The van der Waals surface area contributed by atoms with E-state index in [4.69, 9.17) is 34.8 Å². The van der Waals surface area contributed by atoms with Gasteiger partial charge in [0.2, 0.25) is 21.8 Å². The summed E-state index contributed by atoms with van der Waals surface area (Å²) in [7, 11) is -3.88. The van der Waals surface area contributed by atoms with Gasteiger partial charge in [0.1, 0.15) is 12.6 Å². The maximum Gasteiger partial charge on any atom is 0.244 e. The normalized spacial score (nSPS) is 13.1. The fraction of sp³-hybridized carbons (Fsp3) is 0.391. The molecule has 0 aliphatic rings. The predicted molar refractivity (Wildman–Crippen MR) is 138 cm³/mol. The molecule has 2 amide bonds. The zero-order valence-electron chi connectivity index (χ0n) is 19.4. The molecule has 0 radical (unpaired) electrons. The van der Waals surface area contributed by atoms with Crippen LogP contribution in [0.2, 0.25) is 15.1 Å². The van der Waals surface area contributed by atoms with Crippen molar-refractivity contribution >= 4 is 62.3 Å². The number of nitrogens with one attached hydrogen (secondary N) is 1. The van der Waals surface area contributed by atoms with Crippen LogP contribution in [-0.4, -0.2) is 50.0 Å². The second-order valence-electron chi connectivity index (χ2n) is 8.04. The molecule has 0 aliphatic heterocycles. The van der Waals surface area contributed by atoms with Crippen LogP contribution in [0.25, 0.3) is 0 Å². The largest absolute Gasteiger partial charge is 0.352 e. The number of sulfonamides is 1. The van der Waals surface area contributed by atoms with Crippen molar-refractivity contribution in [3.63, 3.8) is 0 Å². The van der Waals surface area contributed by atoms with Gasteiger partial charge in [0.15, 0.2) is 0 Å². The van der Waals surface area contributed by atoms with Crippen molar-refractivity contribution in [3.8, 4) is 0 Å². The number of rotatable bonds is 10. The summed E-state index contributed by atoms with van der Waals surface area (Å²) in [6.07, 6.45) is 1.71. The quantitative estimate of drug-likeness (QED) is 0.464. The molecular weight excluding hydrogens is 521 g/mol. The first-order chi connectivity index (χ1) is 15.8. The van der Waals surface area contributed by atoms with Gasteiger partial charge in [-0.1, -0.05) is 53.9 Å². The highest BCUT2D eigenvalue weighted by molar-refractivity contribution is 7.92. The maximum atomic E-state index is 13.5. The van der Waals surface area contributed by atoms with Crippen LogP contribution >= 0.6 is 34.8 Å². The molecule has 2 aromatic carbocycles. The van der Waals surface area contributed by atoms with E-state index in [1.807, 2.05) is 13.8 Å². The van der Waals surface area contributed by atoms with Gasteiger partial charge in [0, 0.05) is 27.7 Å². The Morgan fingerprint density at radius 2 is 1.53 bits per heavy atom. The molecule has 0 bridgehead atoms. The first kappa shape index (κ1) is 28.2. The van der Waals surface area contributed by atoms with Crippen molar-refractivity contribution in [1.29, 1.82) is 0 Å². The van der Waals surface area contributed by atoms with Gasteiger partial charge >= 0.3 is 0 Å². The lowest BCUT2D eigenvalue weighted by Gasteiger charge is -2.32. The molecule has 186 valence electrons. The average Bonchev–Trinajstić information content (AvgIpc) is 2.74. The van der Waals surface area contributed by atoms with Crippen molar-refractivity contribution in [3.05, 3.63) is 63.1 Å². The fourth-order valence-electron chi connectivity index (χ4n) is 3.13. The van der Waals surface area contributed by atoms with E-state index >= 15 is 0 Å². The zero-order chi connectivity index (χ0) is 25.6. The highest BCUT2D eigenvalue weighted by Crippen LogP contribution is 2.27. The lowest BCUT2D eigenvalue weighted by atomic mass is 10.1. The third-order valence-corrected chi connectivity index (χ3v) is 7.08. The van der Waals surface area contributed by atoms with Crippen molar-refractivity contribution < 1.29 is 18.0 Å². The van der Waals surface area contributed by atoms with E-state index in [-0.39, 0.29) is 34.2 Å². The lowest BCUT2D eigenvalue weighted by molar-refractivity contribution is -0.139. The average molecular weight is 549 g/mol. The fourth-order valence-corrected chi connectivity index (χ4v) is 4.61. The number of amides is 2. The third-order valence-electron chi connectivity index (χ3n) is 5.25. The van der Waals surface area contributed by atoms with E-state index in [2.05, 4.69) is 5.32 Å².